The van der Waals surface area contributed by atoms with Crippen molar-refractivity contribution in [2.75, 3.05) is 0 Å². The van der Waals surface area contributed by atoms with Gasteiger partial charge in [-0.3, -0.25) is 4.79 Å². The van der Waals surface area contributed by atoms with E-state index in [1.165, 1.54) is 28.8 Å². The van der Waals surface area contributed by atoms with Crippen molar-refractivity contribution in [1.82, 2.24) is 5.32 Å². The van der Waals surface area contributed by atoms with Crippen molar-refractivity contribution < 1.29 is 4.79 Å². The van der Waals surface area contributed by atoms with E-state index in [0.29, 0.717) is 5.92 Å². The zero-order valence-electron chi connectivity index (χ0n) is 14.9. The molecule has 1 aromatic heterocycles. The van der Waals surface area contributed by atoms with Gasteiger partial charge in [0.15, 0.2) is 0 Å². The molecule has 2 nitrogen and oxygen atoms in total. The number of aryl methyl sites for hydroxylation is 2. The van der Waals surface area contributed by atoms with Crippen LogP contribution < -0.4 is 5.32 Å². The van der Waals surface area contributed by atoms with Crippen LogP contribution in [-0.4, -0.2) is 5.91 Å². The van der Waals surface area contributed by atoms with Crippen molar-refractivity contribution in [1.29, 1.82) is 0 Å². The summed E-state index contributed by atoms with van der Waals surface area (Å²) in [7, 11) is 0. The molecule has 1 atom stereocenters. The molecule has 0 unspecified atom stereocenters. The fourth-order valence-corrected chi connectivity index (χ4v) is 4.52. The SMILES string of the molecule is CC(C)Cc1ccc([C@@H](C)NC(=O)c2cc3c(s2)CCCC3)cc1. The van der Waals surface area contributed by atoms with Crippen molar-refractivity contribution in [2.24, 2.45) is 5.92 Å². The predicted molar refractivity (Wildman–Crippen MR) is 102 cm³/mol. The van der Waals surface area contributed by atoms with Gasteiger partial charge in [-0.05, 0) is 67.7 Å². The lowest BCUT2D eigenvalue weighted by atomic mass is 9.99. The molecule has 3 rings (SSSR count). The zero-order valence-corrected chi connectivity index (χ0v) is 15.7. The van der Waals surface area contributed by atoms with E-state index in [2.05, 4.69) is 56.4 Å². The Kier molecular flexibility index (Phi) is 5.40. The molecule has 2 aromatic rings. The minimum absolute atomic E-state index is 0.0322. The summed E-state index contributed by atoms with van der Waals surface area (Å²) < 4.78 is 0. The van der Waals surface area contributed by atoms with Gasteiger partial charge in [0.05, 0.1) is 10.9 Å². The highest BCUT2D eigenvalue weighted by atomic mass is 32.1. The summed E-state index contributed by atoms with van der Waals surface area (Å²) in [6.45, 7) is 6.53. The van der Waals surface area contributed by atoms with Crippen LogP contribution in [0.4, 0.5) is 0 Å². The lowest BCUT2D eigenvalue weighted by molar-refractivity contribution is 0.0944. The third kappa shape index (κ3) is 4.07. The van der Waals surface area contributed by atoms with E-state index in [-0.39, 0.29) is 11.9 Å². The smallest absolute Gasteiger partial charge is 0.261 e. The van der Waals surface area contributed by atoms with Crippen LogP contribution in [-0.2, 0) is 19.3 Å². The van der Waals surface area contributed by atoms with Crippen molar-refractivity contribution >= 4 is 17.2 Å². The van der Waals surface area contributed by atoms with Crippen LogP contribution in [0.5, 0.6) is 0 Å². The second kappa shape index (κ2) is 7.52. The average Bonchev–Trinajstić information content (AvgIpc) is 2.99. The molecule has 3 heteroatoms. The number of benzene rings is 1. The normalized spacial score (nSPS) is 15.2. The molecule has 0 saturated carbocycles. The maximum Gasteiger partial charge on any atom is 0.261 e. The molecule has 1 aromatic carbocycles. The van der Waals surface area contributed by atoms with Crippen LogP contribution in [0, 0.1) is 5.92 Å². The second-order valence-electron chi connectivity index (χ2n) is 7.30. The fraction of sp³-hybridized carbons (Fsp3) is 0.476. The van der Waals surface area contributed by atoms with E-state index in [4.69, 9.17) is 0 Å². The fourth-order valence-electron chi connectivity index (χ4n) is 3.37. The molecule has 0 spiro atoms. The number of fused-ring (bicyclic) bond motifs is 1. The summed E-state index contributed by atoms with van der Waals surface area (Å²) in [6, 6.07) is 10.8. The van der Waals surface area contributed by atoms with Crippen molar-refractivity contribution in [3.05, 3.63) is 56.8 Å². The molecule has 1 N–H and O–H groups in total. The lowest BCUT2D eigenvalue weighted by Gasteiger charge is -2.14. The van der Waals surface area contributed by atoms with Gasteiger partial charge in [-0.25, -0.2) is 0 Å². The van der Waals surface area contributed by atoms with Crippen molar-refractivity contribution in [3.8, 4) is 0 Å². The number of carbonyl (C=O) groups is 1. The van der Waals surface area contributed by atoms with Crippen molar-refractivity contribution in [2.45, 2.75) is 58.9 Å². The predicted octanol–water partition coefficient (Wildman–Crippen LogP) is 5.32. The van der Waals surface area contributed by atoms with E-state index in [1.54, 1.807) is 11.3 Å². The average molecular weight is 342 g/mol. The Bertz CT molecular complexity index is 676. The van der Waals surface area contributed by atoms with Gasteiger partial charge in [-0.15, -0.1) is 11.3 Å². The maximum atomic E-state index is 12.6. The van der Waals surface area contributed by atoms with Gasteiger partial charge in [-0.1, -0.05) is 38.1 Å². The van der Waals surface area contributed by atoms with Crippen LogP contribution in [0.2, 0.25) is 0 Å². The van der Waals surface area contributed by atoms with Crippen molar-refractivity contribution in [3.63, 3.8) is 0 Å². The molecule has 24 heavy (non-hydrogen) atoms. The molecule has 0 bridgehead atoms. The first-order valence-corrected chi connectivity index (χ1v) is 9.86. The number of carbonyl (C=O) groups excluding carboxylic acids is 1. The van der Waals surface area contributed by atoms with Crippen LogP contribution in [0.15, 0.2) is 30.3 Å². The monoisotopic (exact) mass is 341 g/mol. The standard InChI is InChI=1S/C21H27NOS/c1-14(2)12-16-8-10-17(11-9-16)15(3)22-21(23)20-13-18-6-4-5-7-19(18)24-20/h8-11,13-15H,4-7,12H2,1-3H3,(H,22,23)/t15-/m1/s1. The van der Waals surface area contributed by atoms with E-state index in [0.717, 1.165) is 29.7 Å². The van der Waals surface area contributed by atoms with Gasteiger partial charge in [0.25, 0.3) is 5.91 Å². The topological polar surface area (TPSA) is 29.1 Å². The number of nitrogens with one attached hydrogen (secondary N) is 1. The van der Waals surface area contributed by atoms with Gasteiger partial charge < -0.3 is 5.32 Å². The summed E-state index contributed by atoms with van der Waals surface area (Å²) in [5.41, 5.74) is 3.91. The van der Waals surface area contributed by atoms with Gasteiger partial charge in [0.2, 0.25) is 0 Å². The zero-order chi connectivity index (χ0) is 17.1. The molecule has 0 saturated heterocycles. The summed E-state index contributed by atoms with van der Waals surface area (Å²) in [4.78, 5) is 14.8. The number of hydrogen-bond acceptors (Lipinski definition) is 2. The third-order valence-corrected chi connectivity index (χ3v) is 5.93. The highest BCUT2D eigenvalue weighted by Crippen LogP contribution is 2.30. The van der Waals surface area contributed by atoms with Crippen LogP contribution in [0.25, 0.3) is 0 Å². The first-order chi connectivity index (χ1) is 11.5. The molecule has 1 amide bonds. The minimum Gasteiger partial charge on any atom is -0.345 e. The lowest BCUT2D eigenvalue weighted by Crippen LogP contribution is -2.25. The molecule has 1 heterocycles. The number of rotatable bonds is 5. The van der Waals surface area contributed by atoms with Crippen LogP contribution >= 0.6 is 11.3 Å². The minimum atomic E-state index is 0.0322. The Morgan fingerprint density at radius 3 is 2.50 bits per heavy atom. The molecular formula is C21H27NOS. The summed E-state index contributed by atoms with van der Waals surface area (Å²) in [5.74, 6) is 0.728. The van der Waals surface area contributed by atoms with E-state index < -0.39 is 0 Å². The molecule has 128 valence electrons. The van der Waals surface area contributed by atoms with E-state index in [1.807, 2.05) is 0 Å². The first-order valence-electron chi connectivity index (χ1n) is 9.04. The molecule has 0 aliphatic heterocycles. The quantitative estimate of drug-likeness (QED) is 0.784. The maximum absolute atomic E-state index is 12.6. The Labute approximate surface area is 149 Å². The van der Waals surface area contributed by atoms with E-state index >= 15 is 0 Å². The van der Waals surface area contributed by atoms with Gasteiger partial charge in [0, 0.05) is 4.88 Å². The highest BCUT2D eigenvalue weighted by Gasteiger charge is 2.18. The molecule has 0 fully saturated rings. The first kappa shape index (κ1) is 17.2. The Morgan fingerprint density at radius 1 is 1.12 bits per heavy atom. The third-order valence-electron chi connectivity index (χ3n) is 4.69. The van der Waals surface area contributed by atoms with Crippen LogP contribution in [0.1, 0.15) is 70.9 Å². The molecular weight excluding hydrogens is 314 g/mol. The summed E-state index contributed by atoms with van der Waals surface area (Å²) >= 11 is 1.68. The number of amides is 1. The Morgan fingerprint density at radius 2 is 1.83 bits per heavy atom. The molecule has 1 aliphatic carbocycles. The molecule has 0 radical (unpaired) electrons. The Balaban J connectivity index is 1.64. The Hall–Kier alpha value is -1.61. The summed E-state index contributed by atoms with van der Waals surface area (Å²) in [5, 5.41) is 3.15. The number of thiophene rings is 1. The largest absolute Gasteiger partial charge is 0.345 e. The van der Waals surface area contributed by atoms with Crippen LogP contribution in [0.3, 0.4) is 0 Å². The van der Waals surface area contributed by atoms with E-state index in [9.17, 15) is 4.79 Å². The van der Waals surface area contributed by atoms with Gasteiger partial charge >= 0.3 is 0 Å². The van der Waals surface area contributed by atoms with Gasteiger partial charge in [0.1, 0.15) is 0 Å². The number of hydrogen-bond donors (Lipinski definition) is 1. The molecule has 1 aliphatic rings. The second-order valence-corrected chi connectivity index (χ2v) is 8.44. The summed E-state index contributed by atoms with van der Waals surface area (Å²) in [6.07, 6.45) is 5.88. The van der Waals surface area contributed by atoms with Gasteiger partial charge in [-0.2, -0.15) is 0 Å². The highest BCUT2D eigenvalue weighted by molar-refractivity contribution is 7.14.